The number of nitrogens with zero attached hydrogens (tertiary/aromatic N) is 2. The molecule has 0 radical (unpaired) electrons. The van der Waals surface area contributed by atoms with Crippen LogP contribution < -0.4 is 9.04 Å². The van der Waals surface area contributed by atoms with Crippen LogP contribution in [0, 0.1) is 10.1 Å². The molecule has 0 aliphatic heterocycles. The lowest BCUT2D eigenvalue weighted by molar-refractivity contribution is -0.387. The summed E-state index contributed by atoms with van der Waals surface area (Å²) in [7, 11) is -4.05. The zero-order chi connectivity index (χ0) is 17.7. The van der Waals surface area contributed by atoms with Crippen LogP contribution in [0.4, 0.5) is 11.4 Å². The minimum Gasteiger partial charge on any atom is -0.494 e. The third-order valence-corrected chi connectivity index (χ3v) is 5.30. The Bertz CT molecular complexity index is 819. The monoisotopic (exact) mass is 350 g/mol. The molecule has 0 fully saturated rings. The Hall–Kier alpha value is -2.61. The Morgan fingerprint density at radius 2 is 1.71 bits per heavy atom. The van der Waals surface area contributed by atoms with Crippen LogP contribution >= 0.6 is 0 Å². The topological polar surface area (TPSA) is 89.8 Å². The third kappa shape index (κ3) is 3.48. The van der Waals surface area contributed by atoms with E-state index in [0.717, 1.165) is 4.31 Å². The Morgan fingerprint density at radius 3 is 2.25 bits per heavy atom. The van der Waals surface area contributed by atoms with Gasteiger partial charge in [0, 0.05) is 12.6 Å². The van der Waals surface area contributed by atoms with Crippen LogP contribution in [0.25, 0.3) is 0 Å². The van der Waals surface area contributed by atoms with Crippen LogP contribution in [0.5, 0.6) is 5.75 Å². The molecular formula is C16H18N2O5S. The van der Waals surface area contributed by atoms with Gasteiger partial charge in [-0.2, -0.15) is 0 Å². The van der Waals surface area contributed by atoms with Gasteiger partial charge < -0.3 is 4.74 Å². The smallest absolute Gasteiger partial charge is 0.289 e. The Labute approximate surface area is 140 Å². The van der Waals surface area contributed by atoms with Crippen molar-refractivity contribution in [3.05, 3.63) is 58.6 Å². The van der Waals surface area contributed by atoms with Gasteiger partial charge in [-0.3, -0.25) is 14.4 Å². The first-order chi connectivity index (χ1) is 11.4. The molecule has 0 saturated carbocycles. The zero-order valence-corrected chi connectivity index (χ0v) is 14.2. The van der Waals surface area contributed by atoms with E-state index < -0.39 is 20.6 Å². The van der Waals surface area contributed by atoms with Crippen molar-refractivity contribution in [1.29, 1.82) is 0 Å². The fourth-order valence-corrected chi connectivity index (χ4v) is 3.95. The summed E-state index contributed by atoms with van der Waals surface area (Å²) < 4.78 is 32.2. The molecule has 0 N–H and O–H groups in total. The first kappa shape index (κ1) is 17.7. The maximum absolute atomic E-state index is 12.9. The summed E-state index contributed by atoms with van der Waals surface area (Å²) in [6.07, 6.45) is 0. The van der Waals surface area contributed by atoms with E-state index in [4.69, 9.17) is 4.74 Å². The van der Waals surface area contributed by atoms with Gasteiger partial charge in [-0.05, 0) is 44.2 Å². The quantitative estimate of drug-likeness (QED) is 0.565. The normalized spacial score (nSPS) is 11.1. The predicted molar refractivity (Wildman–Crippen MR) is 90.9 cm³/mol. The second-order valence-electron chi connectivity index (χ2n) is 4.82. The zero-order valence-electron chi connectivity index (χ0n) is 13.4. The first-order valence-electron chi connectivity index (χ1n) is 7.40. The number of nitro benzene ring substituents is 1. The van der Waals surface area contributed by atoms with Gasteiger partial charge in [0.15, 0.2) is 4.90 Å². The summed E-state index contributed by atoms with van der Waals surface area (Å²) in [5.41, 5.74) is -0.0269. The van der Waals surface area contributed by atoms with Crippen molar-refractivity contribution in [2.75, 3.05) is 17.5 Å². The standard InChI is InChI=1S/C16H18N2O5S/c1-3-17(13-9-11-14(12-10-13)23-4-2)24(21,22)16-8-6-5-7-15(16)18(19)20/h5-12H,3-4H2,1-2H3. The average Bonchev–Trinajstić information content (AvgIpc) is 2.57. The number of hydrogen-bond donors (Lipinski definition) is 0. The van der Waals surface area contributed by atoms with Crippen molar-refractivity contribution < 1.29 is 18.1 Å². The number of para-hydroxylation sites is 1. The van der Waals surface area contributed by atoms with Crippen LogP contribution in [-0.4, -0.2) is 26.5 Å². The highest BCUT2D eigenvalue weighted by Gasteiger charge is 2.30. The lowest BCUT2D eigenvalue weighted by Gasteiger charge is -2.23. The summed E-state index contributed by atoms with van der Waals surface area (Å²) in [5.74, 6) is 0.625. The second-order valence-corrected chi connectivity index (χ2v) is 6.65. The highest BCUT2D eigenvalue weighted by Crippen LogP contribution is 2.30. The molecule has 0 saturated heterocycles. The molecular weight excluding hydrogens is 332 g/mol. The number of rotatable bonds is 7. The molecule has 0 aromatic heterocycles. The van der Waals surface area contributed by atoms with Crippen LogP contribution in [0.15, 0.2) is 53.4 Å². The van der Waals surface area contributed by atoms with Crippen molar-refractivity contribution >= 4 is 21.4 Å². The van der Waals surface area contributed by atoms with Gasteiger partial charge >= 0.3 is 0 Å². The molecule has 0 heterocycles. The maximum Gasteiger partial charge on any atom is 0.289 e. The van der Waals surface area contributed by atoms with Crippen molar-refractivity contribution in [3.8, 4) is 5.75 Å². The summed E-state index contributed by atoms with van der Waals surface area (Å²) in [6, 6.07) is 11.9. The van der Waals surface area contributed by atoms with E-state index in [9.17, 15) is 18.5 Å². The molecule has 7 nitrogen and oxygen atoms in total. The molecule has 128 valence electrons. The van der Waals surface area contributed by atoms with Gasteiger partial charge in [0.05, 0.1) is 17.2 Å². The van der Waals surface area contributed by atoms with Gasteiger partial charge in [-0.15, -0.1) is 0 Å². The molecule has 0 aliphatic rings. The minimum atomic E-state index is -4.05. The molecule has 0 aliphatic carbocycles. The fourth-order valence-electron chi connectivity index (χ4n) is 2.31. The van der Waals surface area contributed by atoms with E-state index in [2.05, 4.69) is 0 Å². The largest absolute Gasteiger partial charge is 0.494 e. The lowest BCUT2D eigenvalue weighted by Crippen LogP contribution is -2.31. The molecule has 0 atom stereocenters. The van der Waals surface area contributed by atoms with Crippen molar-refractivity contribution in [3.63, 3.8) is 0 Å². The van der Waals surface area contributed by atoms with E-state index in [1.165, 1.54) is 24.3 Å². The first-order valence-corrected chi connectivity index (χ1v) is 8.84. The average molecular weight is 350 g/mol. The van der Waals surface area contributed by atoms with Crippen LogP contribution in [0.3, 0.4) is 0 Å². The van der Waals surface area contributed by atoms with Gasteiger partial charge in [-0.25, -0.2) is 8.42 Å². The van der Waals surface area contributed by atoms with Gasteiger partial charge in [0.1, 0.15) is 5.75 Å². The number of ether oxygens (including phenoxy) is 1. The molecule has 0 bridgehead atoms. The summed E-state index contributed by atoms with van der Waals surface area (Å²) >= 11 is 0. The highest BCUT2D eigenvalue weighted by molar-refractivity contribution is 7.93. The third-order valence-electron chi connectivity index (χ3n) is 3.35. The molecule has 2 aromatic carbocycles. The number of sulfonamides is 1. The molecule has 24 heavy (non-hydrogen) atoms. The van der Waals surface area contributed by atoms with E-state index in [-0.39, 0.29) is 11.4 Å². The summed E-state index contributed by atoms with van der Waals surface area (Å²) in [6.45, 7) is 4.17. The molecule has 2 aromatic rings. The van der Waals surface area contributed by atoms with Crippen LogP contribution in [-0.2, 0) is 10.0 Å². The van der Waals surface area contributed by atoms with E-state index >= 15 is 0 Å². The van der Waals surface area contributed by atoms with E-state index in [0.29, 0.717) is 18.0 Å². The molecule has 0 unspecified atom stereocenters. The predicted octanol–water partition coefficient (Wildman–Crippen LogP) is 3.21. The Morgan fingerprint density at radius 1 is 1.08 bits per heavy atom. The van der Waals surface area contributed by atoms with Crippen molar-refractivity contribution in [2.24, 2.45) is 0 Å². The van der Waals surface area contributed by atoms with E-state index in [1.54, 1.807) is 31.2 Å². The Balaban J connectivity index is 2.48. The lowest BCUT2D eigenvalue weighted by atomic mass is 10.3. The Kier molecular flexibility index (Phi) is 5.40. The van der Waals surface area contributed by atoms with Gasteiger partial charge in [0.2, 0.25) is 0 Å². The number of nitro groups is 1. The molecule has 0 amide bonds. The molecule has 8 heteroatoms. The fraction of sp³-hybridized carbons (Fsp3) is 0.250. The minimum absolute atomic E-state index is 0.141. The SMILES string of the molecule is CCOc1ccc(N(CC)S(=O)(=O)c2ccccc2[N+](=O)[O-])cc1. The van der Waals surface area contributed by atoms with Gasteiger partial charge in [-0.1, -0.05) is 12.1 Å². The van der Waals surface area contributed by atoms with Crippen LogP contribution in [0.1, 0.15) is 13.8 Å². The van der Waals surface area contributed by atoms with Crippen molar-refractivity contribution in [2.45, 2.75) is 18.7 Å². The number of anilines is 1. The van der Waals surface area contributed by atoms with E-state index in [1.807, 2.05) is 6.92 Å². The summed E-state index contributed by atoms with van der Waals surface area (Å²) in [5, 5.41) is 11.1. The van der Waals surface area contributed by atoms with Gasteiger partial charge in [0.25, 0.3) is 15.7 Å². The molecule has 0 spiro atoms. The maximum atomic E-state index is 12.9. The van der Waals surface area contributed by atoms with Crippen molar-refractivity contribution in [1.82, 2.24) is 0 Å². The highest BCUT2D eigenvalue weighted by atomic mass is 32.2. The second kappa shape index (κ2) is 7.31. The summed E-state index contributed by atoms with van der Waals surface area (Å²) in [4.78, 5) is 10.1. The number of hydrogen-bond acceptors (Lipinski definition) is 5. The van der Waals surface area contributed by atoms with Crippen LogP contribution in [0.2, 0.25) is 0 Å². The number of benzene rings is 2. The molecule has 2 rings (SSSR count).